The molecular formula is C14H21NO3. The quantitative estimate of drug-likeness (QED) is 0.752. The fourth-order valence-corrected chi connectivity index (χ4v) is 1.78. The highest BCUT2D eigenvalue weighted by Crippen LogP contribution is 2.31. The Kier molecular flexibility index (Phi) is 5.65. The molecule has 0 aliphatic carbocycles. The summed E-state index contributed by atoms with van der Waals surface area (Å²) in [4.78, 5) is 10.7. The minimum atomic E-state index is 0.0817. The molecule has 4 heteroatoms. The predicted molar refractivity (Wildman–Crippen MR) is 71.3 cm³/mol. The van der Waals surface area contributed by atoms with Gasteiger partial charge in [0.05, 0.1) is 13.2 Å². The molecule has 0 bridgehead atoms. The lowest BCUT2D eigenvalue weighted by Crippen LogP contribution is -2.11. The first kappa shape index (κ1) is 14.5. The van der Waals surface area contributed by atoms with Crippen LogP contribution in [-0.4, -0.2) is 26.5 Å². The Hall–Kier alpha value is -1.55. The molecule has 100 valence electrons. The third kappa shape index (κ3) is 3.74. The maximum Gasteiger partial charge on any atom is 0.161 e. The van der Waals surface area contributed by atoms with Crippen LogP contribution in [0.5, 0.6) is 11.5 Å². The lowest BCUT2D eigenvalue weighted by molar-refractivity contribution is -0.107. The number of methoxy groups -OCH3 is 1. The van der Waals surface area contributed by atoms with Crippen molar-refractivity contribution in [1.29, 1.82) is 0 Å². The van der Waals surface area contributed by atoms with Gasteiger partial charge in [-0.1, -0.05) is 0 Å². The zero-order valence-corrected chi connectivity index (χ0v) is 11.4. The van der Waals surface area contributed by atoms with Gasteiger partial charge in [0.2, 0.25) is 0 Å². The van der Waals surface area contributed by atoms with Crippen LogP contribution in [-0.2, 0) is 17.8 Å². The SMILES string of the molecule is CNCc1cc(OC(C)C)c(OC)cc1CC=O. The number of ether oxygens (including phenoxy) is 2. The van der Waals surface area contributed by atoms with E-state index in [4.69, 9.17) is 9.47 Å². The fraction of sp³-hybridized carbons (Fsp3) is 0.500. The first-order chi connectivity index (χ1) is 8.62. The molecule has 0 atom stereocenters. The Balaban J connectivity index is 3.17. The van der Waals surface area contributed by atoms with E-state index in [0.29, 0.717) is 24.5 Å². The van der Waals surface area contributed by atoms with E-state index in [1.54, 1.807) is 7.11 Å². The second-order valence-electron chi connectivity index (χ2n) is 4.34. The normalized spacial score (nSPS) is 10.5. The third-order valence-corrected chi connectivity index (χ3v) is 2.52. The molecule has 0 aliphatic heterocycles. The Bertz CT molecular complexity index is 402. The minimum Gasteiger partial charge on any atom is -0.493 e. The summed E-state index contributed by atoms with van der Waals surface area (Å²) in [6.07, 6.45) is 1.37. The number of benzene rings is 1. The molecule has 4 nitrogen and oxygen atoms in total. The third-order valence-electron chi connectivity index (χ3n) is 2.52. The van der Waals surface area contributed by atoms with Gasteiger partial charge in [-0.05, 0) is 44.2 Å². The molecule has 0 aromatic heterocycles. The van der Waals surface area contributed by atoms with Crippen molar-refractivity contribution in [3.8, 4) is 11.5 Å². The van der Waals surface area contributed by atoms with Crippen molar-refractivity contribution in [2.24, 2.45) is 0 Å². The van der Waals surface area contributed by atoms with Gasteiger partial charge in [-0.3, -0.25) is 0 Å². The van der Waals surface area contributed by atoms with Gasteiger partial charge in [-0.2, -0.15) is 0 Å². The Morgan fingerprint density at radius 2 is 1.94 bits per heavy atom. The van der Waals surface area contributed by atoms with Gasteiger partial charge in [-0.25, -0.2) is 0 Å². The van der Waals surface area contributed by atoms with Crippen LogP contribution in [0.2, 0.25) is 0 Å². The number of aldehydes is 1. The monoisotopic (exact) mass is 251 g/mol. The van der Waals surface area contributed by atoms with Crippen LogP contribution in [0, 0.1) is 0 Å². The Morgan fingerprint density at radius 3 is 2.44 bits per heavy atom. The van der Waals surface area contributed by atoms with Crippen LogP contribution in [0.15, 0.2) is 12.1 Å². The summed E-state index contributed by atoms with van der Waals surface area (Å²) < 4.78 is 11.0. The lowest BCUT2D eigenvalue weighted by Gasteiger charge is -2.17. The molecule has 1 aromatic rings. The smallest absolute Gasteiger partial charge is 0.161 e. The van der Waals surface area contributed by atoms with Crippen molar-refractivity contribution in [2.45, 2.75) is 32.9 Å². The highest BCUT2D eigenvalue weighted by Gasteiger charge is 2.12. The first-order valence-electron chi connectivity index (χ1n) is 6.07. The van der Waals surface area contributed by atoms with Gasteiger partial charge >= 0.3 is 0 Å². The molecule has 0 heterocycles. The number of rotatable bonds is 7. The second kappa shape index (κ2) is 7.01. The van der Waals surface area contributed by atoms with Gasteiger partial charge in [0.25, 0.3) is 0 Å². The Labute approximate surface area is 108 Å². The minimum absolute atomic E-state index is 0.0817. The summed E-state index contributed by atoms with van der Waals surface area (Å²) in [5, 5.41) is 3.09. The molecule has 1 N–H and O–H groups in total. The molecule has 0 radical (unpaired) electrons. The maximum absolute atomic E-state index is 10.7. The summed E-state index contributed by atoms with van der Waals surface area (Å²) >= 11 is 0. The van der Waals surface area contributed by atoms with Crippen LogP contribution < -0.4 is 14.8 Å². The topological polar surface area (TPSA) is 47.6 Å². The molecule has 0 saturated heterocycles. The summed E-state index contributed by atoms with van der Waals surface area (Å²) in [5.41, 5.74) is 2.02. The molecule has 0 aliphatic rings. The van der Waals surface area contributed by atoms with Crippen molar-refractivity contribution in [3.05, 3.63) is 23.3 Å². The number of nitrogens with one attached hydrogen (secondary N) is 1. The van der Waals surface area contributed by atoms with E-state index in [1.165, 1.54) is 0 Å². The predicted octanol–water partition coefficient (Wildman–Crippen LogP) is 1.94. The molecule has 0 unspecified atom stereocenters. The van der Waals surface area contributed by atoms with Crippen LogP contribution in [0.4, 0.5) is 0 Å². The van der Waals surface area contributed by atoms with Gasteiger partial charge in [0.1, 0.15) is 6.29 Å². The van der Waals surface area contributed by atoms with Gasteiger partial charge in [0, 0.05) is 13.0 Å². The fourth-order valence-electron chi connectivity index (χ4n) is 1.78. The zero-order valence-electron chi connectivity index (χ0n) is 11.4. The van der Waals surface area contributed by atoms with Crippen molar-refractivity contribution < 1.29 is 14.3 Å². The molecule has 0 saturated carbocycles. The van der Waals surface area contributed by atoms with E-state index < -0.39 is 0 Å². The average Bonchev–Trinajstić information content (AvgIpc) is 2.32. The van der Waals surface area contributed by atoms with E-state index >= 15 is 0 Å². The summed E-state index contributed by atoms with van der Waals surface area (Å²) in [7, 11) is 3.48. The molecule has 0 spiro atoms. The number of hydrogen-bond donors (Lipinski definition) is 1. The average molecular weight is 251 g/mol. The zero-order chi connectivity index (χ0) is 13.5. The van der Waals surface area contributed by atoms with E-state index in [1.807, 2.05) is 33.0 Å². The van der Waals surface area contributed by atoms with Crippen LogP contribution in [0.1, 0.15) is 25.0 Å². The standard InChI is InChI=1S/C14H21NO3/c1-10(2)18-14-8-12(9-15-3)11(5-6-16)7-13(14)17-4/h6-8,10,15H,5,9H2,1-4H3. The van der Waals surface area contributed by atoms with Crippen molar-refractivity contribution >= 4 is 6.29 Å². The van der Waals surface area contributed by atoms with Crippen LogP contribution in [0.3, 0.4) is 0 Å². The van der Waals surface area contributed by atoms with E-state index in [0.717, 1.165) is 17.4 Å². The summed E-state index contributed by atoms with van der Waals surface area (Å²) in [6, 6.07) is 3.81. The highest BCUT2D eigenvalue weighted by molar-refractivity contribution is 5.59. The molecular weight excluding hydrogens is 230 g/mol. The largest absolute Gasteiger partial charge is 0.493 e. The van der Waals surface area contributed by atoms with Gasteiger partial charge in [-0.15, -0.1) is 0 Å². The van der Waals surface area contributed by atoms with Crippen molar-refractivity contribution in [1.82, 2.24) is 5.32 Å². The molecule has 0 fully saturated rings. The second-order valence-corrected chi connectivity index (χ2v) is 4.34. The van der Waals surface area contributed by atoms with E-state index in [9.17, 15) is 4.79 Å². The first-order valence-corrected chi connectivity index (χ1v) is 6.07. The summed E-state index contributed by atoms with van der Waals surface area (Å²) in [5.74, 6) is 1.38. The maximum atomic E-state index is 10.7. The number of carbonyl (C=O) groups excluding carboxylic acids is 1. The molecule has 1 rings (SSSR count). The molecule has 18 heavy (non-hydrogen) atoms. The molecule has 1 aromatic carbocycles. The lowest BCUT2D eigenvalue weighted by atomic mass is 10.0. The van der Waals surface area contributed by atoms with Crippen LogP contribution in [0.25, 0.3) is 0 Å². The Morgan fingerprint density at radius 1 is 1.28 bits per heavy atom. The van der Waals surface area contributed by atoms with Crippen molar-refractivity contribution in [2.75, 3.05) is 14.2 Å². The van der Waals surface area contributed by atoms with E-state index in [-0.39, 0.29) is 6.10 Å². The number of carbonyl (C=O) groups is 1. The van der Waals surface area contributed by atoms with E-state index in [2.05, 4.69) is 5.32 Å². The molecule has 0 amide bonds. The number of hydrogen-bond acceptors (Lipinski definition) is 4. The van der Waals surface area contributed by atoms with Crippen LogP contribution >= 0.6 is 0 Å². The van der Waals surface area contributed by atoms with Gasteiger partial charge in [0.15, 0.2) is 11.5 Å². The highest BCUT2D eigenvalue weighted by atomic mass is 16.5. The summed E-state index contributed by atoms with van der Waals surface area (Å²) in [6.45, 7) is 4.63. The van der Waals surface area contributed by atoms with Crippen molar-refractivity contribution in [3.63, 3.8) is 0 Å². The van der Waals surface area contributed by atoms with Gasteiger partial charge < -0.3 is 19.6 Å².